The zero-order valence-electron chi connectivity index (χ0n) is 27.8. The average molecular weight is 675 g/mol. The Balaban J connectivity index is 1.48. The van der Waals surface area contributed by atoms with E-state index in [1.165, 1.54) is 0 Å². The summed E-state index contributed by atoms with van der Waals surface area (Å²) < 4.78 is 58.7. The van der Waals surface area contributed by atoms with Crippen molar-refractivity contribution in [2.45, 2.75) is 70.8 Å². The van der Waals surface area contributed by atoms with Crippen LogP contribution in [0.4, 0.5) is 0 Å². The van der Waals surface area contributed by atoms with Crippen LogP contribution in [0, 0.1) is 0 Å². The van der Waals surface area contributed by atoms with E-state index in [1.54, 1.807) is 13.8 Å². The topological polar surface area (TPSA) is 81.7 Å². The first-order valence-electron chi connectivity index (χ1n) is 16.7. The Labute approximate surface area is 284 Å². The van der Waals surface area contributed by atoms with E-state index in [-0.39, 0.29) is 26.0 Å². The van der Waals surface area contributed by atoms with Crippen molar-refractivity contribution >= 4 is 7.60 Å². The van der Waals surface area contributed by atoms with Gasteiger partial charge in [0.05, 0.1) is 58.5 Å². The number of hydrogen-bond acceptors (Lipinski definition) is 8. The highest BCUT2D eigenvalue weighted by Gasteiger charge is 2.50. The molecule has 0 aromatic heterocycles. The van der Waals surface area contributed by atoms with E-state index in [0.29, 0.717) is 26.4 Å². The van der Waals surface area contributed by atoms with Gasteiger partial charge in [0.25, 0.3) is 0 Å². The third kappa shape index (κ3) is 10.9. The number of rotatable bonds is 19. The maximum atomic E-state index is 14.0. The van der Waals surface area contributed by atoms with Gasteiger partial charge in [-0.05, 0) is 36.1 Å². The summed E-state index contributed by atoms with van der Waals surface area (Å²) in [5.74, 6) is 0. The maximum Gasteiger partial charge on any atom is 0.333 e. The van der Waals surface area contributed by atoms with Crippen LogP contribution < -0.4 is 0 Å². The van der Waals surface area contributed by atoms with Gasteiger partial charge in [0.2, 0.25) is 0 Å². The van der Waals surface area contributed by atoms with Gasteiger partial charge in [-0.15, -0.1) is 0 Å². The van der Waals surface area contributed by atoms with Gasteiger partial charge in [0, 0.05) is 0 Å². The van der Waals surface area contributed by atoms with Gasteiger partial charge >= 0.3 is 7.60 Å². The molecule has 0 bridgehead atoms. The highest BCUT2D eigenvalue weighted by atomic mass is 31.2. The van der Waals surface area contributed by atoms with Gasteiger partial charge in [-0.1, -0.05) is 121 Å². The number of benzene rings is 4. The first-order chi connectivity index (χ1) is 23.6. The Bertz CT molecular complexity index is 1480. The quantitative estimate of drug-likeness (QED) is 0.0927. The fourth-order valence-electron chi connectivity index (χ4n) is 5.79. The van der Waals surface area contributed by atoms with Crippen molar-refractivity contribution in [3.8, 4) is 0 Å². The van der Waals surface area contributed by atoms with Crippen molar-refractivity contribution in [3.05, 3.63) is 144 Å². The summed E-state index contributed by atoms with van der Waals surface area (Å²) in [7, 11) is -3.55. The summed E-state index contributed by atoms with van der Waals surface area (Å²) in [6, 6.07) is 39.9. The van der Waals surface area contributed by atoms with E-state index in [0.717, 1.165) is 22.3 Å². The highest BCUT2D eigenvalue weighted by molar-refractivity contribution is 7.53. The van der Waals surface area contributed by atoms with Crippen LogP contribution >= 0.6 is 7.60 Å². The van der Waals surface area contributed by atoms with Gasteiger partial charge in [-0.3, -0.25) is 4.57 Å². The van der Waals surface area contributed by atoms with E-state index >= 15 is 0 Å². The lowest BCUT2D eigenvalue weighted by Gasteiger charge is -2.46. The number of ether oxygens (including phenoxy) is 5. The monoisotopic (exact) mass is 674 g/mol. The molecular formula is C39H47O8P. The van der Waals surface area contributed by atoms with Gasteiger partial charge in [0.15, 0.2) is 0 Å². The smallest absolute Gasteiger partial charge is 0.333 e. The van der Waals surface area contributed by atoms with Crippen LogP contribution in [0.25, 0.3) is 0 Å². The fourth-order valence-corrected chi connectivity index (χ4v) is 7.59. The van der Waals surface area contributed by atoms with Crippen molar-refractivity contribution < 1.29 is 37.3 Å². The molecule has 0 radical (unpaired) electrons. The normalized spacial score (nSPS) is 21.2. The Morgan fingerprint density at radius 1 is 0.521 bits per heavy atom. The Morgan fingerprint density at radius 2 is 0.896 bits per heavy atom. The molecule has 0 N–H and O–H groups in total. The summed E-state index contributed by atoms with van der Waals surface area (Å²) in [5, 5.41) is 0. The first kappa shape index (κ1) is 36.1. The predicted molar refractivity (Wildman–Crippen MR) is 186 cm³/mol. The molecule has 256 valence electrons. The van der Waals surface area contributed by atoms with Crippen LogP contribution in [0.1, 0.15) is 36.1 Å². The van der Waals surface area contributed by atoms with Gasteiger partial charge in [-0.2, -0.15) is 0 Å². The highest BCUT2D eigenvalue weighted by Crippen LogP contribution is 2.50. The molecule has 4 aromatic carbocycles. The minimum Gasteiger partial charge on any atom is -0.374 e. The van der Waals surface area contributed by atoms with E-state index in [9.17, 15) is 4.57 Å². The van der Waals surface area contributed by atoms with E-state index in [2.05, 4.69) is 0 Å². The molecule has 8 nitrogen and oxygen atoms in total. The standard InChI is InChI=1S/C39H47O8P/c1-3-45-48(40,46-4-2)30-36-38(43-27-33-21-13-7-14-22-33)39(44-28-34-23-15-8-16-24-34)37(42-26-32-19-11-6-12-20-32)35(47-36)29-41-25-31-17-9-5-10-18-31/h5-24,35-39H,3-4,25-30H2,1-2H3. The molecule has 1 fully saturated rings. The minimum atomic E-state index is -3.55. The third-order valence-corrected chi connectivity index (χ3v) is 10.1. The van der Waals surface area contributed by atoms with Gasteiger partial charge in [-0.25, -0.2) is 0 Å². The molecule has 48 heavy (non-hydrogen) atoms. The molecule has 1 aliphatic heterocycles. The summed E-state index contributed by atoms with van der Waals surface area (Å²) in [4.78, 5) is 0. The molecule has 5 rings (SSSR count). The molecule has 5 atom stereocenters. The molecule has 5 unspecified atom stereocenters. The molecule has 4 aromatic rings. The Hall–Kier alpha value is -3.17. The zero-order chi connectivity index (χ0) is 33.4. The minimum absolute atomic E-state index is 0.0140. The lowest BCUT2D eigenvalue weighted by molar-refractivity contribution is -0.268. The zero-order valence-corrected chi connectivity index (χ0v) is 28.7. The summed E-state index contributed by atoms with van der Waals surface area (Å²) >= 11 is 0. The Kier molecular flexibility index (Phi) is 14.4. The van der Waals surface area contributed by atoms with Gasteiger partial charge in [0.1, 0.15) is 24.4 Å². The molecule has 0 amide bonds. The third-order valence-electron chi connectivity index (χ3n) is 8.03. The lowest BCUT2D eigenvalue weighted by Crippen LogP contribution is -2.62. The van der Waals surface area contributed by atoms with E-state index in [1.807, 2.05) is 121 Å². The first-order valence-corrected chi connectivity index (χ1v) is 18.4. The SMILES string of the molecule is CCOP(=O)(CC1OC(COCc2ccccc2)C(OCc2ccccc2)C(OCc2ccccc2)C1OCc1ccccc1)OCC. The molecule has 0 saturated carbocycles. The van der Waals surface area contributed by atoms with Crippen LogP contribution in [0.15, 0.2) is 121 Å². The molecule has 1 aliphatic rings. The largest absolute Gasteiger partial charge is 0.374 e. The van der Waals surface area contributed by atoms with E-state index in [4.69, 9.17) is 32.7 Å². The van der Waals surface area contributed by atoms with Crippen LogP contribution in [-0.2, 0) is 63.7 Å². The molecule has 1 heterocycles. The maximum absolute atomic E-state index is 14.0. The van der Waals surface area contributed by atoms with Crippen molar-refractivity contribution in [3.63, 3.8) is 0 Å². The average Bonchev–Trinajstić information content (AvgIpc) is 3.11. The molecule has 0 spiro atoms. The van der Waals surface area contributed by atoms with Crippen LogP contribution in [-0.4, -0.2) is 56.5 Å². The second-order valence-corrected chi connectivity index (χ2v) is 13.7. The van der Waals surface area contributed by atoms with Gasteiger partial charge < -0.3 is 32.7 Å². The van der Waals surface area contributed by atoms with Crippen molar-refractivity contribution in [2.75, 3.05) is 26.0 Å². The molecule has 0 aliphatic carbocycles. The summed E-state index contributed by atoms with van der Waals surface area (Å²) in [6.07, 6.45) is -3.16. The van der Waals surface area contributed by atoms with Crippen LogP contribution in [0.2, 0.25) is 0 Å². The van der Waals surface area contributed by atoms with Crippen LogP contribution in [0.5, 0.6) is 0 Å². The molecule has 9 heteroatoms. The second kappa shape index (κ2) is 19.1. The van der Waals surface area contributed by atoms with Crippen LogP contribution in [0.3, 0.4) is 0 Å². The van der Waals surface area contributed by atoms with Crippen molar-refractivity contribution in [1.29, 1.82) is 0 Å². The Morgan fingerprint density at radius 3 is 1.31 bits per heavy atom. The second-order valence-electron chi connectivity index (χ2n) is 11.6. The summed E-state index contributed by atoms with van der Waals surface area (Å²) in [6.45, 7) is 5.64. The lowest BCUT2D eigenvalue weighted by atomic mass is 9.94. The fraction of sp³-hybridized carbons (Fsp3) is 0.385. The molecular weight excluding hydrogens is 627 g/mol. The molecule has 1 saturated heterocycles. The van der Waals surface area contributed by atoms with E-state index < -0.39 is 38.1 Å². The predicted octanol–water partition coefficient (Wildman–Crippen LogP) is 7.99. The van der Waals surface area contributed by atoms with Crippen molar-refractivity contribution in [2.24, 2.45) is 0 Å². The van der Waals surface area contributed by atoms with Crippen molar-refractivity contribution in [1.82, 2.24) is 0 Å². The summed E-state index contributed by atoms with van der Waals surface area (Å²) in [5.41, 5.74) is 4.07. The number of hydrogen-bond donors (Lipinski definition) is 0.